The van der Waals surface area contributed by atoms with Gasteiger partial charge in [0.05, 0.1) is 6.54 Å². The maximum absolute atomic E-state index is 12.9. The topological polar surface area (TPSA) is 63.1 Å². The summed E-state index contributed by atoms with van der Waals surface area (Å²) in [5, 5.41) is 7.57. The molecule has 2 heterocycles. The zero-order valence-electron chi connectivity index (χ0n) is 12.9. The van der Waals surface area contributed by atoms with Gasteiger partial charge in [-0.2, -0.15) is 5.10 Å². The smallest absolute Gasteiger partial charge is 0.254 e. The number of benzene rings is 1. The van der Waals surface area contributed by atoms with Crippen molar-refractivity contribution in [2.24, 2.45) is 0 Å². The van der Waals surface area contributed by atoms with E-state index in [-0.39, 0.29) is 5.91 Å². The van der Waals surface area contributed by atoms with Crippen molar-refractivity contribution >= 4 is 5.91 Å². The minimum Gasteiger partial charge on any atom is -0.336 e. The third-order valence-corrected chi connectivity index (χ3v) is 3.89. The zero-order chi connectivity index (χ0) is 15.5. The fraction of sp³-hybridized carbons (Fsp3) is 0.438. The molecule has 0 saturated carbocycles. The maximum atomic E-state index is 12.9. The lowest BCUT2D eigenvalue weighted by Gasteiger charge is -2.36. The van der Waals surface area contributed by atoms with Crippen LogP contribution in [0.25, 0.3) is 0 Å². The average molecular weight is 299 g/mol. The minimum absolute atomic E-state index is 0.0934. The van der Waals surface area contributed by atoms with E-state index in [1.54, 1.807) is 11.0 Å². The third kappa shape index (κ3) is 3.17. The molecule has 2 atom stereocenters. The SMILES string of the molecule is C[C@@H]1CN(C(=O)c2ccccc2Cn2cncn2)C[C@H](C)N1. The summed E-state index contributed by atoms with van der Waals surface area (Å²) >= 11 is 0. The van der Waals surface area contributed by atoms with Crippen molar-refractivity contribution in [3.05, 3.63) is 48.0 Å². The fourth-order valence-electron chi connectivity index (χ4n) is 3.02. The van der Waals surface area contributed by atoms with Crippen LogP contribution in [0.4, 0.5) is 0 Å². The van der Waals surface area contributed by atoms with Crippen molar-refractivity contribution in [1.82, 2.24) is 25.0 Å². The number of aromatic nitrogens is 3. The van der Waals surface area contributed by atoms with Gasteiger partial charge in [-0.25, -0.2) is 9.67 Å². The van der Waals surface area contributed by atoms with E-state index in [2.05, 4.69) is 29.2 Å². The minimum atomic E-state index is 0.0934. The summed E-state index contributed by atoms with van der Waals surface area (Å²) in [7, 11) is 0. The molecule has 3 rings (SSSR count). The van der Waals surface area contributed by atoms with E-state index in [1.165, 1.54) is 6.33 Å². The van der Waals surface area contributed by atoms with Crippen molar-refractivity contribution in [1.29, 1.82) is 0 Å². The number of hydrogen-bond acceptors (Lipinski definition) is 4. The molecule has 1 saturated heterocycles. The monoisotopic (exact) mass is 299 g/mol. The molecule has 1 N–H and O–H groups in total. The van der Waals surface area contributed by atoms with Crippen LogP contribution < -0.4 is 5.32 Å². The Hall–Kier alpha value is -2.21. The molecule has 0 unspecified atom stereocenters. The first kappa shape index (κ1) is 14.7. The highest BCUT2D eigenvalue weighted by Gasteiger charge is 2.26. The number of piperazine rings is 1. The molecule has 2 aromatic rings. The molecule has 0 aliphatic carbocycles. The maximum Gasteiger partial charge on any atom is 0.254 e. The standard InChI is InChI=1S/C16H21N5O/c1-12-7-20(8-13(2)19-12)16(22)15-6-4-3-5-14(15)9-21-11-17-10-18-21/h3-6,10-13,19H,7-9H2,1-2H3/t12-,13+. The highest BCUT2D eigenvalue weighted by Crippen LogP contribution is 2.15. The molecule has 0 radical (unpaired) electrons. The highest BCUT2D eigenvalue weighted by atomic mass is 16.2. The summed E-state index contributed by atoms with van der Waals surface area (Å²) in [5.41, 5.74) is 1.72. The van der Waals surface area contributed by atoms with Gasteiger partial charge in [-0.3, -0.25) is 4.79 Å². The molecule has 0 bridgehead atoms. The van der Waals surface area contributed by atoms with Crippen molar-refractivity contribution in [2.45, 2.75) is 32.5 Å². The van der Waals surface area contributed by atoms with Crippen molar-refractivity contribution < 1.29 is 4.79 Å². The summed E-state index contributed by atoms with van der Waals surface area (Å²) < 4.78 is 1.73. The Morgan fingerprint density at radius 3 is 2.68 bits per heavy atom. The van der Waals surface area contributed by atoms with Gasteiger partial charge in [-0.15, -0.1) is 0 Å². The Kier molecular flexibility index (Phi) is 4.20. The van der Waals surface area contributed by atoms with E-state index >= 15 is 0 Å². The molecular formula is C16H21N5O. The van der Waals surface area contributed by atoms with E-state index < -0.39 is 0 Å². The van der Waals surface area contributed by atoms with Gasteiger partial charge in [0.2, 0.25) is 0 Å². The fourth-order valence-corrected chi connectivity index (χ4v) is 3.02. The Labute approximate surface area is 130 Å². The molecule has 1 fully saturated rings. The van der Waals surface area contributed by atoms with E-state index in [0.29, 0.717) is 18.6 Å². The lowest BCUT2D eigenvalue weighted by Crippen LogP contribution is -2.55. The van der Waals surface area contributed by atoms with Crippen LogP contribution in [-0.2, 0) is 6.54 Å². The number of rotatable bonds is 3. The van der Waals surface area contributed by atoms with Gasteiger partial charge in [0.15, 0.2) is 0 Å². The second-order valence-corrected chi connectivity index (χ2v) is 5.93. The van der Waals surface area contributed by atoms with E-state index in [0.717, 1.165) is 24.2 Å². The Morgan fingerprint density at radius 2 is 2.00 bits per heavy atom. The number of nitrogens with zero attached hydrogens (tertiary/aromatic N) is 4. The normalized spacial score (nSPS) is 21.8. The van der Waals surface area contributed by atoms with Crippen LogP contribution in [0.15, 0.2) is 36.9 Å². The quantitative estimate of drug-likeness (QED) is 0.923. The average Bonchev–Trinajstić information content (AvgIpc) is 2.99. The molecular weight excluding hydrogens is 278 g/mol. The molecule has 116 valence electrons. The lowest BCUT2D eigenvalue weighted by molar-refractivity contribution is 0.0672. The first-order chi connectivity index (χ1) is 10.6. The third-order valence-electron chi connectivity index (χ3n) is 3.89. The molecule has 1 aliphatic heterocycles. The number of nitrogens with one attached hydrogen (secondary N) is 1. The second-order valence-electron chi connectivity index (χ2n) is 5.93. The lowest BCUT2D eigenvalue weighted by atomic mass is 10.0. The predicted octanol–water partition coefficient (Wildman–Crippen LogP) is 1.15. The summed E-state index contributed by atoms with van der Waals surface area (Å²) in [4.78, 5) is 18.8. The van der Waals surface area contributed by atoms with E-state index in [4.69, 9.17) is 0 Å². The number of hydrogen-bond donors (Lipinski definition) is 1. The van der Waals surface area contributed by atoms with Gasteiger partial charge in [-0.05, 0) is 25.5 Å². The van der Waals surface area contributed by atoms with Crippen LogP contribution in [0.1, 0.15) is 29.8 Å². The number of carbonyl (C=O) groups is 1. The van der Waals surface area contributed by atoms with Crippen LogP contribution in [0.2, 0.25) is 0 Å². The second kappa shape index (κ2) is 6.27. The van der Waals surface area contributed by atoms with Gasteiger partial charge < -0.3 is 10.2 Å². The Bertz CT molecular complexity index is 630. The van der Waals surface area contributed by atoms with Crippen molar-refractivity contribution in [2.75, 3.05) is 13.1 Å². The summed E-state index contributed by atoms with van der Waals surface area (Å²) in [5.74, 6) is 0.0934. The Morgan fingerprint density at radius 1 is 1.27 bits per heavy atom. The van der Waals surface area contributed by atoms with Crippen LogP contribution in [0.5, 0.6) is 0 Å². The van der Waals surface area contributed by atoms with Gasteiger partial charge in [0.1, 0.15) is 12.7 Å². The number of amides is 1. The van der Waals surface area contributed by atoms with E-state index in [9.17, 15) is 4.79 Å². The van der Waals surface area contributed by atoms with E-state index in [1.807, 2.05) is 29.2 Å². The largest absolute Gasteiger partial charge is 0.336 e. The molecule has 1 aromatic heterocycles. The first-order valence-corrected chi connectivity index (χ1v) is 7.59. The molecule has 1 amide bonds. The van der Waals surface area contributed by atoms with Crippen LogP contribution in [0, 0.1) is 0 Å². The van der Waals surface area contributed by atoms with Gasteiger partial charge in [0, 0.05) is 30.7 Å². The highest BCUT2D eigenvalue weighted by molar-refractivity contribution is 5.95. The van der Waals surface area contributed by atoms with Gasteiger partial charge in [0.25, 0.3) is 5.91 Å². The van der Waals surface area contributed by atoms with Crippen LogP contribution in [-0.4, -0.2) is 50.7 Å². The molecule has 1 aliphatic rings. The molecule has 0 spiro atoms. The Balaban J connectivity index is 1.83. The predicted molar refractivity (Wildman–Crippen MR) is 83.5 cm³/mol. The van der Waals surface area contributed by atoms with Gasteiger partial charge in [-0.1, -0.05) is 18.2 Å². The zero-order valence-corrected chi connectivity index (χ0v) is 12.9. The summed E-state index contributed by atoms with van der Waals surface area (Å²) in [6.45, 7) is 6.25. The van der Waals surface area contributed by atoms with Crippen molar-refractivity contribution in [3.8, 4) is 0 Å². The molecule has 22 heavy (non-hydrogen) atoms. The van der Waals surface area contributed by atoms with Crippen LogP contribution in [0.3, 0.4) is 0 Å². The molecule has 6 heteroatoms. The van der Waals surface area contributed by atoms with Crippen LogP contribution >= 0.6 is 0 Å². The molecule has 1 aromatic carbocycles. The first-order valence-electron chi connectivity index (χ1n) is 7.59. The van der Waals surface area contributed by atoms with Crippen molar-refractivity contribution in [3.63, 3.8) is 0 Å². The van der Waals surface area contributed by atoms with Gasteiger partial charge >= 0.3 is 0 Å². The summed E-state index contributed by atoms with van der Waals surface area (Å²) in [6.07, 6.45) is 3.17. The summed E-state index contributed by atoms with van der Waals surface area (Å²) in [6, 6.07) is 8.36. The molecule has 6 nitrogen and oxygen atoms in total. The number of carbonyl (C=O) groups excluding carboxylic acids is 1.